The molecule has 0 spiro atoms. The molecule has 0 unspecified atom stereocenters. The standard InChI is InChI=1S/C24H29N3O2/c1-26(17-20-9-2-4-12-23(20)28)15-8-16-27(19-22-11-6-7-14-25-22)18-21-10-3-5-13-24(21)29/h2-7,9-14,28-29H,8,15-19H2,1H3. The zero-order valence-corrected chi connectivity index (χ0v) is 16.9. The quantitative estimate of drug-likeness (QED) is 0.547. The summed E-state index contributed by atoms with van der Waals surface area (Å²) in [5.41, 5.74) is 2.88. The molecule has 152 valence electrons. The highest BCUT2D eigenvalue weighted by molar-refractivity contribution is 5.32. The molecular formula is C24H29N3O2. The third kappa shape index (κ3) is 6.59. The summed E-state index contributed by atoms with van der Waals surface area (Å²) in [6.45, 7) is 3.92. The molecule has 0 radical (unpaired) electrons. The number of hydrogen-bond acceptors (Lipinski definition) is 5. The summed E-state index contributed by atoms with van der Waals surface area (Å²) in [5.74, 6) is 0.672. The summed E-state index contributed by atoms with van der Waals surface area (Å²) in [4.78, 5) is 8.98. The van der Waals surface area contributed by atoms with Gasteiger partial charge in [0.2, 0.25) is 0 Å². The molecule has 0 bridgehead atoms. The van der Waals surface area contributed by atoms with Gasteiger partial charge in [0.15, 0.2) is 0 Å². The van der Waals surface area contributed by atoms with Gasteiger partial charge in [0, 0.05) is 43.5 Å². The fourth-order valence-corrected chi connectivity index (χ4v) is 3.40. The lowest BCUT2D eigenvalue weighted by Gasteiger charge is -2.24. The van der Waals surface area contributed by atoms with Crippen LogP contribution in [-0.2, 0) is 19.6 Å². The lowest BCUT2D eigenvalue weighted by atomic mass is 10.1. The highest BCUT2D eigenvalue weighted by Gasteiger charge is 2.11. The number of phenolic OH excluding ortho intramolecular Hbond substituents is 2. The molecule has 0 aliphatic heterocycles. The van der Waals surface area contributed by atoms with Crippen molar-refractivity contribution in [2.45, 2.75) is 26.1 Å². The van der Waals surface area contributed by atoms with Gasteiger partial charge in [0.1, 0.15) is 11.5 Å². The van der Waals surface area contributed by atoms with Gasteiger partial charge in [-0.05, 0) is 44.3 Å². The topological polar surface area (TPSA) is 59.8 Å². The zero-order chi connectivity index (χ0) is 20.5. The number of phenols is 2. The molecule has 0 aliphatic rings. The Morgan fingerprint density at radius 3 is 1.97 bits per heavy atom. The molecule has 3 aromatic rings. The molecule has 2 aromatic carbocycles. The first kappa shape index (κ1) is 20.8. The molecule has 1 heterocycles. The van der Waals surface area contributed by atoms with E-state index in [0.717, 1.165) is 42.9 Å². The number of para-hydroxylation sites is 2. The van der Waals surface area contributed by atoms with Crippen molar-refractivity contribution in [3.8, 4) is 11.5 Å². The Morgan fingerprint density at radius 1 is 0.724 bits per heavy atom. The van der Waals surface area contributed by atoms with E-state index in [4.69, 9.17) is 0 Å². The first-order chi connectivity index (χ1) is 14.1. The molecule has 29 heavy (non-hydrogen) atoms. The van der Waals surface area contributed by atoms with Crippen LogP contribution >= 0.6 is 0 Å². The third-order valence-corrected chi connectivity index (χ3v) is 4.94. The Bertz CT molecular complexity index is 886. The Morgan fingerprint density at radius 2 is 1.34 bits per heavy atom. The minimum atomic E-state index is 0.329. The van der Waals surface area contributed by atoms with Crippen molar-refractivity contribution >= 4 is 0 Å². The minimum Gasteiger partial charge on any atom is -0.508 e. The van der Waals surface area contributed by atoms with Gasteiger partial charge in [-0.15, -0.1) is 0 Å². The molecule has 1 aromatic heterocycles. The Hall–Kier alpha value is -2.89. The molecule has 0 atom stereocenters. The lowest BCUT2D eigenvalue weighted by molar-refractivity contribution is 0.224. The molecule has 0 amide bonds. The van der Waals surface area contributed by atoms with Gasteiger partial charge >= 0.3 is 0 Å². The lowest BCUT2D eigenvalue weighted by Crippen LogP contribution is -2.28. The molecule has 0 saturated carbocycles. The maximum Gasteiger partial charge on any atom is 0.120 e. The molecule has 3 rings (SSSR count). The maximum absolute atomic E-state index is 10.2. The van der Waals surface area contributed by atoms with Crippen LogP contribution in [0.5, 0.6) is 11.5 Å². The summed E-state index contributed by atoms with van der Waals surface area (Å²) in [5, 5.41) is 20.1. The van der Waals surface area contributed by atoms with Crippen LogP contribution in [-0.4, -0.2) is 45.1 Å². The van der Waals surface area contributed by atoms with Gasteiger partial charge < -0.3 is 15.1 Å². The maximum atomic E-state index is 10.2. The SMILES string of the molecule is CN(CCCN(Cc1ccccn1)Cc1ccccc1O)Cc1ccccc1O. The van der Waals surface area contributed by atoms with Crippen molar-refractivity contribution in [2.75, 3.05) is 20.1 Å². The molecule has 0 saturated heterocycles. The number of aromatic hydroxyl groups is 2. The van der Waals surface area contributed by atoms with E-state index in [9.17, 15) is 10.2 Å². The average molecular weight is 392 g/mol. The van der Waals surface area contributed by atoms with Crippen LogP contribution in [0.4, 0.5) is 0 Å². The van der Waals surface area contributed by atoms with Crippen molar-refractivity contribution in [2.24, 2.45) is 0 Å². The molecule has 5 heteroatoms. The van der Waals surface area contributed by atoms with Crippen LogP contribution in [0, 0.1) is 0 Å². The van der Waals surface area contributed by atoms with Gasteiger partial charge in [-0.3, -0.25) is 9.88 Å². The van der Waals surface area contributed by atoms with Crippen molar-refractivity contribution in [3.05, 3.63) is 89.7 Å². The van der Waals surface area contributed by atoms with E-state index in [0.29, 0.717) is 24.6 Å². The monoisotopic (exact) mass is 391 g/mol. The van der Waals surface area contributed by atoms with E-state index in [1.54, 1.807) is 12.1 Å². The Kier molecular flexibility index (Phi) is 7.61. The van der Waals surface area contributed by atoms with E-state index in [1.165, 1.54) is 0 Å². The summed E-state index contributed by atoms with van der Waals surface area (Å²) in [6, 6.07) is 20.9. The van der Waals surface area contributed by atoms with Gasteiger partial charge in [0.05, 0.1) is 5.69 Å². The fraction of sp³-hybridized carbons (Fsp3) is 0.292. The predicted octanol–water partition coefficient (Wildman–Crippen LogP) is 4.02. The summed E-state index contributed by atoms with van der Waals surface area (Å²) < 4.78 is 0. The van der Waals surface area contributed by atoms with Crippen molar-refractivity contribution in [1.82, 2.24) is 14.8 Å². The number of nitrogens with zero attached hydrogens (tertiary/aromatic N) is 3. The van der Waals surface area contributed by atoms with Gasteiger partial charge in [-0.2, -0.15) is 0 Å². The van der Waals surface area contributed by atoms with Crippen molar-refractivity contribution in [3.63, 3.8) is 0 Å². The van der Waals surface area contributed by atoms with E-state index in [-0.39, 0.29) is 0 Å². The van der Waals surface area contributed by atoms with Crippen LogP contribution in [0.2, 0.25) is 0 Å². The van der Waals surface area contributed by atoms with E-state index < -0.39 is 0 Å². The summed E-state index contributed by atoms with van der Waals surface area (Å²) in [7, 11) is 2.07. The third-order valence-electron chi connectivity index (χ3n) is 4.94. The van der Waals surface area contributed by atoms with Gasteiger partial charge in [-0.25, -0.2) is 0 Å². The average Bonchev–Trinajstić information content (AvgIpc) is 2.72. The number of benzene rings is 2. The Labute approximate surface area is 172 Å². The minimum absolute atomic E-state index is 0.329. The second-order valence-electron chi connectivity index (χ2n) is 7.38. The van der Waals surface area contributed by atoms with Crippen LogP contribution in [0.25, 0.3) is 0 Å². The second-order valence-corrected chi connectivity index (χ2v) is 7.38. The Balaban J connectivity index is 1.57. The molecule has 5 nitrogen and oxygen atoms in total. The fourth-order valence-electron chi connectivity index (χ4n) is 3.40. The first-order valence-electron chi connectivity index (χ1n) is 9.96. The van der Waals surface area contributed by atoms with E-state index in [1.807, 2.05) is 60.8 Å². The zero-order valence-electron chi connectivity index (χ0n) is 16.9. The van der Waals surface area contributed by atoms with Gasteiger partial charge in [0.25, 0.3) is 0 Å². The predicted molar refractivity (Wildman–Crippen MR) is 116 cm³/mol. The summed E-state index contributed by atoms with van der Waals surface area (Å²) in [6.07, 6.45) is 2.79. The highest BCUT2D eigenvalue weighted by Crippen LogP contribution is 2.20. The molecule has 2 N–H and O–H groups in total. The van der Waals surface area contributed by atoms with Crippen LogP contribution in [0.1, 0.15) is 23.2 Å². The van der Waals surface area contributed by atoms with Crippen LogP contribution in [0.15, 0.2) is 72.9 Å². The smallest absolute Gasteiger partial charge is 0.120 e. The van der Waals surface area contributed by atoms with Crippen molar-refractivity contribution in [1.29, 1.82) is 0 Å². The summed E-state index contributed by atoms with van der Waals surface area (Å²) >= 11 is 0. The normalized spacial score (nSPS) is 11.3. The highest BCUT2D eigenvalue weighted by atomic mass is 16.3. The van der Waals surface area contributed by atoms with E-state index in [2.05, 4.69) is 21.8 Å². The van der Waals surface area contributed by atoms with Gasteiger partial charge in [-0.1, -0.05) is 42.5 Å². The number of pyridine rings is 1. The molecule has 0 aliphatic carbocycles. The van der Waals surface area contributed by atoms with Crippen LogP contribution in [0.3, 0.4) is 0 Å². The molecule has 0 fully saturated rings. The largest absolute Gasteiger partial charge is 0.508 e. The first-order valence-corrected chi connectivity index (χ1v) is 9.96. The van der Waals surface area contributed by atoms with E-state index >= 15 is 0 Å². The number of hydrogen-bond donors (Lipinski definition) is 2. The van der Waals surface area contributed by atoms with Crippen LogP contribution < -0.4 is 0 Å². The second kappa shape index (κ2) is 10.6. The molecular weight excluding hydrogens is 362 g/mol. The number of aromatic nitrogens is 1. The number of rotatable bonds is 10. The van der Waals surface area contributed by atoms with Crippen molar-refractivity contribution < 1.29 is 10.2 Å².